The molecule has 0 radical (unpaired) electrons. The fraction of sp³-hybridized carbons (Fsp3) is 0.881. The van der Waals surface area contributed by atoms with E-state index in [-0.39, 0.29) is 19.2 Å². The second-order valence-corrected chi connectivity index (χ2v) is 14.4. The Morgan fingerprint density at radius 3 is 1.73 bits per heavy atom. The van der Waals surface area contributed by atoms with Gasteiger partial charge in [-0.2, -0.15) is 0 Å². The Balaban J connectivity index is 2.25. The number of esters is 1. The Labute approximate surface area is 311 Å². The molecule has 1 fully saturated rings. The highest BCUT2D eigenvalue weighted by atomic mass is 16.7. The molecule has 1 aliphatic heterocycles. The van der Waals surface area contributed by atoms with Crippen LogP contribution in [0, 0.1) is 0 Å². The number of allylic oxidation sites excluding steroid dienone is 4. The second-order valence-electron chi connectivity index (χ2n) is 14.4. The predicted molar refractivity (Wildman–Crippen MR) is 205 cm³/mol. The monoisotopic (exact) mass is 727 g/mol. The molecule has 300 valence electrons. The molecule has 0 aromatic carbocycles. The molecule has 51 heavy (non-hydrogen) atoms. The van der Waals surface area contributed by atoms with E-state index in [1.807, 2.05) is 0 Å². The first-order valence-electron chi connectivity index (χ1n) is 20.9. The second kappa shape index (κ2) is 34.4. The topological polar surface area (TPSA) is 135 Å². The lowest BCUT2D eigenvalue weighted by Crippen LogP contribution is -2.59. The van der Waals surface area contributed by atoms with E-state index in [4.69, 9.17) is 18.9 Å². The summed E-state index contributed by atoms with van der Waals surface area (Å²) in [6.07, 6.45) is 30.6. The van der Waals surface area contributed by atoms with Gasteiger partial charge in [-0.05, 0) is 44.9 Å². The summed E-state index contributed by atoms with van der Waals surface area (Å²) in [6, 6.07) is 0. The lowest BCUT2D eigenvalue weighted by Gasteiger charge is -2.39. The summed E-state index contributed by atoms with van der Waals surface area (Å²) in [7, 11) is 0. The largest absolute Gasteiger partial charge is 0.457 e. The molecule has 1 aliphatic rings. The van der Waals surface area contributed by atoms with Crippen molar-refractivity contribution < 1.29 is 44.2 Å². The van der Waals surface area contributed by atoms with Crippen LogP contribution < -0.4 is 0 Å². The molecule has 0 saturated carbocycles. The summed E-state index contributed by atoms with van der Waals surface area (Å²) >= 11 is 0. The van der Waals surface area contributed by atoms with Crippen LogP contribution in [0.1, 0.15) is 174 Å². The molecule has 0 aromatic rings. The fourth-order valence-corrected chi connectivity index (χ4v) is 6.29. The highest BCUT2D eigenvalue weighted by molar-refractivity contribution is 5.69. The number of aliphatic hydroxyl groups excluding tert-OH is 4. The third-order valence-electron chi connectivity index (χ3n) is 9.62. The standard InChI is InChI=1S/C42H78O9/c1-3-5-7-9-11-13-14-15-16-17-18-19-20-21-22-23-25-27-29-31-38(44)50-36(34-48-32-30-28-26-24-12-10-8-6-4-2)35-49-42-41(47)40(46)39(45)37(33-43)51-42/h11,13,15-16,36-37,39-43,45-47H,3-10,12,14,17-35H2,1-2H3/b13-11-,16-15-. The maximum Gasteiger partial charge on any atom is 0.306 e. The number of hydrogen-bond donors (Lipinski definition) is 4. The highest BCUT2D eigenvalue weighted by Gasteiger charge is 2.44. The van der Waals surface area contributed by atoms with Gasteiger partial charge in [-0.1, -0.05) is 147 Å². The normalized spacial score (nSPS) is 21.6. The van der Waals surface area contributed by atoms with Gasteiger partial charge in [0.25, 0.3) is 0 Å². The number of aliphatic hydroxyl groups is 4. The third-order valence-corrected chi connectivity index (χ3v) is 9.62. The van der Waals surface area contributed by atoms with E-state index in [1.165, 1.54) is 116 Å². The lowest BCUT2D eigenvalue weighted by atomic mass is 9.99. The average Bonchev–Trinajstić information content (AvgIpc) is 3.13. The Hall–Kier alpha value is -1.33. The van der Waals surface area contributed by atoms with Crippen LogP contribution in [0.4, 0.5) is 0 Å². The third kappa shape index (κ3) is 26.1. The van der Waals surface area contributed by atoms with E-state index in [9.17, 15) is 25.2 Å². The minimum absolute atomic E-state index is 0.112. The summed E-state index contributed by atoms with van der Waals surface area (Å²) in [5.74, 6) is -0.318. The number of carbonyl (C=O) groups excluding carboxylic acids is 1. The molecule has 1 rings (SSSR count). The quantitative estimate of drug-likeness (QED) is 0.0288. The highest BCUT2D eigenvalue weighted by Crippen LogP contribution is 2.22. The zero-order valence-electron chi connectivity index (χ0n) is 32.6. The molecule has 1 heterocycles. The van der Waals surface area contributed by atoms with E-state index in [2.05, 4.69) is 38.2 Å². The molecule has 0 aromatic heterocycles. The lowest BCUT2D eigenvalue weighted by molar-refractivity contribution is -0.305. The first-order chi connectivity index (χ1) is 24.9. The minimum atomic E-state index is -1.53. The van der Waals surface area contributed by atoms with Crippen LogP contribution in [0.2, 0.25) is 0 Å². The average molecular weight is 727 g/mol. The molecule has 6 atom stereocenters. The number of rotatable bonds is 35. The van der Waals surface area contributed by atoms with Crippen molar-refractivity contribution in [3.8, 4) is 0 Å². The van der Waals surface area contributed by atoms with Gasteiger partial charge in [-0.15, -0.1) is 0 Å². The van der Waals surface area contributed by atoms with Gasteiger partial charge in [0.1, 0.15) is 30.5 Å². The van der Waals surface area contributed by atoms with Crippen molar-refractivity contribution in [1.29, 1.82) is 0 Å². The maximum absolute atomic E-state index is 12.7. The molecule has 0 aliphatic carbocycles. The number of unbranched alkanes of at least 4 members (excludes halogenated alkanes) is 20. The number of ether oxygens (including phenoxy) is 4. The molecule has 0 amide bonds. The van der Waals surface area contributed by atoms with Gasteiger partial charge < -0.3 is 39.4 Å². The van der Waals surface area contributed by atoms with Crippen molar-refractivity contribution in [1.82, 2.24) is 0 Å². The number of carbonyl (C=O) groups is 1. The van der Waals surface area contributed by atoms with Crippen molar-refractivity contribution >= 4 is 5.97 Å². The molecule has 9 nitrogen and oxygen atoms in total. The van der Waals surface area contributed by atoms with Gasteiger partial charge in [0.2, 0.25) is 0 Å². The molecule has 6 unspecified atom stereocenters. The van der Waals surface area contributed by atoms with Crippen molar-refractivity contribution in [2.45, 2.75) is 211 Å². The van der Waals surface area contributed by atoms with E-state index in [0.717, 1.165) is 38.5 Å². The van der Waals surface area contributed by atoms with Crippen molar-refractivity contribution in [3.63, 3.8) is 0 Å². The molecule has 0 spiro atoms. The van der Waals surface area contributed by atoms with Gasteiger partial charge in [0.05, 0.1) is 19.8 Å². The molecule has 4 N–H and O–H groups in total. The van der Waals surface area contributed by atoms with Gasteiger partial charge in [0.15, 0.2) is 6.29 Å². The van der Waals surface area contributed by atoms with Gasteiger partial charge in [-0.3, -0.25) is 4.79 Å². The minimum Gasteiger partial charge on any atom is -0.457 e. The Morgan fingerprint density at radius 2 is 1.14 bits per heavy atom. The zero-order chi connectivity index (χ0) is 37.2. The smallest absolute Gasteiger partial charge is 0.306 e. The SMILES string of the molecule is CCCCC/C=C\C/C=C\CCCCCCCCCCCC(=O)OC(COCCCCCCCCCCC)COC1OC(CO)C(O)C(O)C1O. The summed E-state index contributed by atoms with van der Waals surface area (Å²) in [6.45, 7) is 4.52. The first-order valence-corrected chi connectivity index (χ1v) is 20.9. The van der Waals surface area contributed by atoms with Crippen LogP contribution in [0.15, 0.2) is 24.3 Å². The summed E-state index contributed by atoms with van der Waals surface area (Å²) in [4.78, 5) is 12.7. The van der Waals surface area contributed by atoms with E-state index < -0.39 is 43.4 Å². The summed E-state index contributed by atoms with van der Waals surface area (Å²) < 4.78 is 22.7. The molecule has 9 heteroatoms. The van der Waals surface area contributed by atoms with E-state index in [0.29, 0.717) is 13.0 Å². The molecule has 0 bridgehead atoms. The predicted octanol–water partition coefficient (Wildman–Crippen LogP) is 8.64. The van der Waals surface area contributed by atoms with Gasteiger partial charge in [-0.25, -0.2) is 0 Å². The summed E-state index contributed by atoms with van der Waals surface area (Å²) in [5, 5.41) is 40.0. The Bertz CT molecular complexity index is 833. The van der Waals surface area contributed by atoms with Crippen molar-refractivity contribution in [2.75, 3.05) is 26.4 Å². The van der Waals surface area contributed by atoms with Crippen LogP contribution in [0.5, 0.6) is 0 Å². The van der Waals surface area contributed by atoms with E-state index >= 15 is 0 Å². The molecular formula is C42H78O9. The van der Waals surface area contributed by atoms with E-state index in [1.54, 1.807) is 0 Å². The zero-order valence-corrected chi connectivity index (χ0v) is 32.6. The van der Waals surface area contributed by atoms with Crippen LogP contribution >= 0.6 is 0 Å². The summed E-state index contributed by atoms with van der Waals surface area (Å²) in [5.41, 5.74) is 0. The van der Waals surface area contributed by atoms with Crippen molar-refractivity contribution in [3.05, 3.63) is 24.3 Å². The Kier molecular flexibility index (Phi) is 32.2. The van der Waals surface area contributed by atoms with Crippen LogP contribution in [0.3, 0.4) is 0 Å². The Morgan fingerprint density at radius 1 is 0.627 bits per heavy atom. The fourth-order valence-electron chi connectivity index (χ4n) is 6.29. The van der Waals surface area contributed by atoms with Gasteiger partial charge in [0, 0.05) is 13.0 Å². The van der Waals surface area contributed by atoms with Crippen LogP contribution in [-0.4, -0.2) is 89.6 Å². The molecular weight excluding hydrogens is 648 g/mol. The maximum atomic E-state index is 12.7. The van der Waals surface area contributed by atoms with Gasteiger partial charge >= 0.3 is 5.97 Å². The number of hydrogen-bond acceptors (Lipinski definition) is 9. The molecule has 1 saturated heterocycles. The first kappa shape index (κ1) is 47.7. The van der Waals surface area contributed by atoms with Crippen molar-refractivity contribution in [2.24, 2.45) is 0 Å². The van der Waals surface area contributed by atoms with Crippen LogP contribution in [-0.2, 0) is 23.7 Å². The van der Waals surface area contributed by atoms with Crippen LogP contribution in [0.25, 0.3) is 0 Å².